The van der Waals surface area contributed by atoms with Crippen LogP contribution in [-0.2, 0) is 28.5 Å². The zero-order valence-corrected chi connectivity index (χ0v) is 14.6. The highest BCUT2D eigenvalue weighted by Gasteiger charge is 2.50. The van der Waals surface area contributed by atoms with E-state index in [1.54, 1.807) is 20.8 Å². The predicted octanol–water partition coefficient (Wildman–Crippen LogP) is 2.98. The number of hydrogen-bond donors (Lipinski definition) is 0. The Kier molecular flexibility index (Phi) is 4.46. The van der Waals surface area contributed by atoms with Crippen molar-refractivity contribution in [3.8, 4) is 0 Å². The van der Waals surface area contributed by atoms with E-state index in [9.17, 15) is 9.59 Å². The molecule has 0 bridgehead atoms. The fraction of sp³-hybridized carbons (Fsp3) is 0.647. The number of esters is 2. The highest BCUT2D eigenvalue weighted by molar-refractivity contribution is 5.91. The molecule has 0 radical (unpaired) electrons. The Labute approximate surface area is 136 Å². The summed E-state index contributed by atoms with van der Waals surface area (Å²) in [6, 6.07) is 0. The summed E-state index contributed by atoms with van der Waals surface area (Å²) in [5.74, 6) is -0.923. The summed E-state index contributed by atoms with van der Waals surface area (Å²) >= 11 is 0. The fourth-order valence-electron chi connectivity index (χ4n) is 2.69. The number of carbonyl (C=O) groups excluding carboxylic acids is 2. The molecular weight excluding hydrogens is 300 g/mol. The first-order chi connectivity index (χ1) is 10.6. The maximum atomic E-state index is 12.3. The van der Waals surface area contributed by atoms with Gasteiger partial charge in [-0.2, -0.15) is 0 Å². The van der Waals surface area contributed by atoms with Gasteiger partial charge in [-0.05, 0) is 41.5 Å². The molecule has 1 atom stereocenters. The highest BCUT2D eigenvalue weighted by atomic mass is 16.7. The molecule has 0 amide bonds. The molecule has 1 unspecified atom stereocenters. The van der Waals surface area contributed by atoms with Crippen LogP contribution in [0.2, 0.25) is 0 Å². The minimum atomic E-state index is -1.04. The first-order valence-electron chi connectivity index (χ1n) is 7.75. The number of rotatable bonds is 3. The monoisotopic (exact) mass is 324 g/mol. The van der Waals surface area contributed by atoms with Crippen LogP contribution < -0.4 is 0 Å². The van der Waals surface area contributed by atoms with Gasteiger partial charge in [0, 0.05) is 0 Å². The average molecular weight is 324 g/mol. The summed E-state index contributed by atoms with van der Waals surface area (Å²) in [5.41, 5.74) is 0.309. The average Bonchev–Trinajstić information content (AvgIpc) is 2.88. The lowest BCUT2D eigenvalue weighted by Crippen LogP contribution is -2.30. The van der Waals surface area contributed by atoms with Crippen molar-refractivity contribution in [1.82, 2.24) is 0 Å². The van der Waals surface area contributed by atoms with Gasteiger partial charge in [0.25, 0.3) is 5.79 Å². The zero-order valence-electron chi connectivity index (χ0n) is 14.6. The van der Waals surface area contributed by atoms with E-state index in [4.69, 9.17) is 18.9 Å². The quantitative estimate of drug-likeness (QED) is 0.743. The van der Waals surface area contributed by atoms with E-state index >= 15 is 0 Å². The first kappa shape index (κ1) is 17.4. The second-order valence-corrected chi connectivity index (χ2v) is 6.76. The lowest BCUT2D eigenvalue weighted by atomic mass is 10.0. The van der Waals surface area contributed by atoms with Gasteiger partial charge in [0.15, 0.2) is 0 Å². The standard InChI is InChI=1S/C17H24O6/c1-7-20-14(18)12-8-17(21-10(12)2)9-13(11(3)22-17)15(19)23-16(4,5)6/h7-9H2,1-6H3. The minimum absolute atomic E-state index is 0.244. The molecule has 2 aliphatic heterocycles. The molecule has 0 aliphatic carbocycles. The van der Waals surface area contributed by atoms with Gasteiger partial charge in [0.2, 0.25) is 0 Å². The van der Waals surface area contributed by atoms with Crippen LogP contribution in [-0.4, -0.2) is 29.9 Å². The number of carbonyl (C=O) groups is 2. The Morgan fingerprint density at radius 1 is 1.04 bits per heavy atom. The fourth-order valence-corrected chi connectivity index (χ4v) is 2.69. The van der Waals surface area contributed by atoms with E-state index in [0.29, 0.717) is 29.3 Å². The summed E-state index contributed by atoms with van der Waals surface area (Å²) in [6.07, 6.45) is 0.495. The van der Waals surface area contributed by atoms with Crippen molar-refractivity contribution in [1.29, 1.82) is 0 Å². The van der Waals surface area contributed by atoms with Gasteiger partial charge in [0.1, 0.15) is 17.1 Å². The van der Waals surface area contributed by atoms with Gasteiger partial charge in [-0.1, -0.05) is 0 Å². The molecule has 0 fully saturated rings. The van der Waals surface area contributed by atoms with Gasteiger partial charge < -0.3 is 18.9 Å². The molecule has 0 aromatic carbocycles. The second kappa shape index (κ2) is 5.91. The summed E-state index contributed by atoms with van der Waals surface area (Å²) in [5, 5.41) is 0. The van der Waals surface area contributed by atoms with Crippen LogP contribution in [0.4, 0.5) is 0 Å². The first-order valence-corrected chi connectivity index (χ1v) is 7.75. The van der Waals surface area contributed by atoms with Crippen LogP contribution in [0, 0.1) is 0 Å². The maximum absolute atomic E-state index is 12.3. The molecule has 1 spiro atoms. The van der Waals surface area contributed by atoms with Gasteiger partial charge in [-0.25, -0.2) is 9.59 Å². The van der Waals surface area contributed by atoms with Gasteiger partial charge in [0.05, 0.1) is 30.6 Å². The molecular formula is C17H24O6. The minimum Gasteiger partial charge on any atom is -0.463 e. The molecule has 23 heavy (non-hydrogen) atoms. The molecule has 0 aromatic rings. The third-order valence-corrected chi connectivity index (χ3v) is 3.59. The van der Waals surface area contributed by atoms with Crippen molar-refractivity contribution in [3.63, 3.8) is 0 Å². The number of ether oxygens (including phenoxy) is 4. The lowest BCUT2D eigenvalue weighted by molar-refractivity contribution is -0.162. The molecule has 2 aliphatic rings. The van der Waals surface area contributed by atoms with E-state index in [0.717, 1.165) is 0 Å². The van der Waals surface area contributed by atoms with Crippen molar-refractivity contribution in [2.24, 2.45) is 0 Å². The predicted molar refractivity (Wildman–Crippen MR) is 82.0 cm³/mol. The number of hydrogen-bond acceptors (Lipinski definition) is 6. The Hall–Kier alpha value is -1.98. The molecule has 128 valence electrons. The largest absolute Gasteiger partial charge is 0.463 e. The molecule has 6 nitrogen and oxygen atoms in total. The topological polar surface area (TPSA) is 71.1 Å². The molecule has 0 N–H and O–H groups in total. The Morgan fingerprint density at radius 2 is 1.52 bits per heavy atom. The zero-order chi connectivity index (χ0) is 17.4. The SMILES string of the molecule is CCOC(=O)C1=C(C)OC2(C1)CC(C(=O)OC(C)(C)C)=C(C)O2. The summed E-state index contributed by atoms with van der Waals surface area (Å²) in [7, 11) is 0. The molecule has 0 saturated heterocycles. The van der Waals surface area contributed by atoms with Crippen LogP contribution in [0.25, 0.3) is 0 Å². The Balaban J connectivity index is 2.10. The van der Waals surface area contributed by atoms with Crippen molar-refractivity contribution >= 4 is 11.9 Å². The summed E-state index contributed by atoms with van der Waals surface area (Å²) in [6.45, 7) is 10.9. The Bertz CT molecular complexity index is 593. The van der Waals surface area contributed by atoms with Crippen LogP contribution in [0.15, 0.2) is 22.7 Å². The van der Waals surface area contributed by atoms with Gasteiger partial charge in [-0.15, -0.1) is 0 Å². The molecule has 2 heterocycles. The Morgan fingerprint density at radius 3 is 1.96 bits per heavy atom. The molecule has 0 aromatic heterocycles. The van der Waals surface area contributed by atoms with Crippen LogP contribution in [0.1, 0.15) is 54.4 Å². The van der Waals surface area contributed by atoms with E-state index in [-0.39, 0.29) is 12.8 Å². The van der Waals surface area contributed by atoms with Crippen LogP contribution in [0.3, 0.4) is 0 Å². The van der Waals surface area contributed by atoms with E-state index < -0.39 is 23.3 Å². The van der Waals surface area contributed by atoms with Gasteiger partial charge >= 0.3 is 11.9 Å². The van der Waals surface area contributed by atoms with E-state index in [2.05, 4.69) is 0 Å². The van der Waals surface area contributed by atoms with E-state index in [1.807, 2.05) is 20.8 Å². The van der Waals surface area contributed by atoms with Crippen LogP contribution >= 0.6 is 0 Å². The van der Waals surface area contributed by atoms with Crippen molar-refractivity contribution in [3.05, 3.63) is 22.7 Å². The van der Waals surface area contributed by atoms with Gasteiger partial charge in [-0.3, -0.25) is 0 Å². The maximum Gasteiger partial charge on any atom is 0.338 e. The molecule has 0 saturated carbocycles. The number of allylic oxidation sites excluding steroid dienone is 2. The molecule has 2 rings (SSSR count). The van der Waals surface area contributed by atoms with Crippen molar-refractivity contribution in [2.45, 2.75) is 65.8 Å². The van der Waals surface area contributed by atoms with E-state index in [1.165, 1.54) is 0 Å². The second-order valence-electron chi connectivity index (χ2n) is 6.76. The van der Waals surface area contributed by atoms with Crippen molar-refractivity contribution < 1.29 is 28.5 Å². The third kappa shape index (κ3) is 3.68. The molecule has 6 heteroatoms. The highest BCUT2D eigenvalue weighted by Crippen LogP contribution is 2.46. The lowest BCUT2D eigenvalue weighted by Gasteiger charge is -2.24. The smallest absolute Gasteiger partial charge is 0.338 e. The normalized spacial score (nSPS) is 23.9. The summed E-state index contributed by atoms with van der Waals surface area (Å²) in [4.78, 5) is 24.2. The van der Waals surface area contributed by atoms with Crippen LogP contribution in [0.5, 0.6) is 0 Å². The summed E-state index contributed by atoms with van der Waals surface area (Å²) < 4.78 is 22.0. The van der Waals surface area contributed by atoms with Crippen molar-refractivity contribution in [2.75, 3.05) is 6.61 Å². The third-order valence-electron chi connectivity index (χ3n) is 3.59.